The van der Waals surface area contributed by atoms with Crippen molar-refractivity contribution in [3.05, 3.63) is 34.3 Å². The first-order chi connectivity index (χ1) is 8.13. The van der Waals surface area contributed by atoms with Crippen LogP contribution in [0.2, 0.25) is 5.02 Å². The Labute approximate surface area is 109 Å². The van der Waals surface area contributed by atoms with Gasteiger partial charge in [-0.25, -0.2) is 0 Å². The second-order valence-corrected chi connectivity index (χ2v) is 5.40. The van der Waals surface area contributed by atoms with Crippen molar-refractivity contribution in [2.24, 2.45) is 5.73 Å². The fraction of sp³-hybridized carbons (Fsp3) is 0.571. The van der Waals surface area contributed by atoms with E-state index in [1.165, 1.54) is 18.4 Å². The van der Waals surface area contributed by atoms with Crippen molar-refractivity contribution < 1.29 is 0 Å². The number of hydrogen-bond donors (Lipinski definition) is 1. The van der Waals surface area contributed by atoms with E-state index < -0.39 is 0 Å². The van der Waals surface area contributed by atoms with Gasteiger partial charge in [0.15, 0.2) is 0 Å². The molecule has 0 saturated carbocycles. The van der Waals surface area contributed by atoms with Crippen LogP contribution in [-0.4, -0.2) is 24.0 Å². The van der Waals surface area contributed by atoms with Crippen molar-refractivity contribution in [2.45, 2.75) is 38.8 Å². The zero-order valence-electron chi connectivity index (χ0n) is 10.6. The lowest BCUT2D eigenvalue weighted by atomic mass is 10.0. The van der Waals surface area contributed by atoms with E-state index in [-0.39, 0.29) is 0 Å². The summed E-state index contributed by atoms with van der Waals surface area (Å²) < 4.78 is 0. The molecule has 0 aromatic heterocycles. The molecule has 1 heterocycles. The standard InChI is InChI=1S/C14H21ClN2/c1-10-5-6-12(8-13(10)15)14(9-16)17-7-3-4-11(17)2/h5-6,8,11,14H,3-4,7,9,16H2,1-2H3. The van der Waals surface area contributed by atoms with Gasteiger partial charge in [-0.1, -0.05) is 23.7 Å². The zero-order valence-corrected chi connectivity index (χ0v) is 11.4. The number of likely N-dealkylation sites (tertiary alicyclic amines) is 1. The third kappa shape index (κ3) is 2.65. The summed E-state index contributed by atoms with van der Waals surface area (Å²) in [6.07, 6.45) is 2.55. The maximum Gasteiger partial charge on any atom is 0.0473 e. The van der Waals surface area contributed by atoms with Gasteiger partial charge in [-0.15, -0.1) is 0 Å². The molecule has 1 saturated heterocycles. The summed E-state index contributed by atoms with van der Waals surface area (Å²) in [5.41, 5.74) is 8.32. The molecule has 0 amide bonds. The van der Waals surface area contributed by atoms with E-state index in [0.29, 0.717) is 18.6 Å². The van der Waals surface area contributed by atoms with Gasteiger partial charge in [0.2, 0.25) is 0 Å². The number of nitrogens with two attached hydrogens (primary N) is 1. The molecule has 17 heavy (non-hydrogen) atoms. The van der Waals surface area contributed by atoms with Crippen molar-refractivity contribution in [1.29, 1.82) is 0 Å². The van der Waals surface area contributed by atoms with E-state index in [0.717, 1.165) is 17.1 Å². The second-order valence-electron chi connectivity index (χ2n) is 4.99. The predicted molar refractivity (Wildman–Crippen MR) is 73.4 cm³/mol. The number of nitrogens with zero attached hydrogens (tertiary/aromatic N) is 1. The first-order valence-corrected chi connectivity index (χ1v) is 6.73. The van der Waals surface area contributed by atoms with Gasteiger partial charge in [0, 0.05) is 23.7 Å². The van der Waals surface area contributed by atoms with E-state index in [2.05, 4.69) is 30.0 Å². The zero-order chi connectivity index (χ0) is 12.4. The summed E-state index contributed by atoms with van der Waals surface area (Å²) in [7, 11) is 0. The first-order valence-electron chi connectivity index (χ1n) is 6.35. The van der Waals surface area contributed by atoms with E-state index in [1.54, 1.807) is 0 Å². The molecule has 94 valence electrons. The molecule has 1 fully saturated rings. The van der Waals surface area contributed by atoms with Crippen molar-refractivity contribution in [3.8, 4) is 0 Å². The Balaban J connectivity index is 2.25. The molecular weight excluding hydrogens is 232 g/mol. The monoisotopic (exact) mass is 252 g/mol. The first kappa shape index (κ1) is 12.9. The molecule has 1 aromatic rings. The Morgan fingerprint density at radius 2 is 2.29 bits per heavy atom. The number of halogens is 1. The Kier molecular flexibility index (Phi) is 4.08. The van der Waals surface area contributed by atoms with Crippen LogP contribution in [0.3, 0.4) is 0 Å². The van der Waals surface area contributed by atoms with E-state index in [1.807, 2.05) is 6.92 Å². The van der Waals surface area contributed by atoms with Crippen LogP contribution >= 0.6 is 11.6 Å². The Bertz CT molecular complexity index is 392. The van der Waals surface area contributed by atoms with Crippen molar-refractivity contribution >= 4 is 11.6 Å². The van der Waals surface area contributed by atoms with E-state index >= 15 is 0 Å². The van der Waals surface area contributed by atoms with Crippen LogP contribution in [-0.2, 0) is 0 Å². The highest BCUT2D eigenvalue weighted by molar-refractivity contribution is 6.31. The highest BCUT2D eigenvalue weighted by atomic mass is 35.5. The van der Waals surface area contributed by atoms with Gasteiger partial charge in [0.25, 0.3) is 0 Å². The molecule has 0 bridgehead atoms. The molecule has 2 nitrogen and oxygen atoms in total. The van der Waals surface area contributed by atoms with Gasteiger partial charge in [-0.3, -0.25) is 4.90 Å². The average Bonchev–Trinajstić information content (AvgIpc) is 2.71. The molecule has 0 spiro atoms. The molecule has 2 atom stereocenters. The Hall–Kier alpha value is -0.570. The minimum absolute atomic E-state index is 0.311. The molecule has 1 aliphatic heterocycles. The van der Waals surface area contributed by atoms with Crippen molar-refractivity contribution in [1.82, 2.24) is 4.90 Å². The molecule has 3 heteroatoms. The summed E-state index contributed by atoms with van der Waals surface area (Å²) in [6, 6.07) is 7.25. The molecule has 2 rings (SSSR count). The average molecular weight is 253 g/mol. The fourth-order valence-corrected chi connectivity index (χ4v) is 2.89. The minimum atomic E-state index is 0.311. The lowest BCUT2D eigenvalue weighted by Gasteiger charge is -2.31. The third-order valence-electron chi connectivity index (χ3n) is 3.81. The summed E-state index contributed by atoms with van der Waals surface area (Å²) in [4.78, 5) is 2.50. The largest absolute Gasteiger partial charge is 0.329 e. The van der Waals surface area contributed by atoms with Crippen LogP contribution in [0.25, 0.3) is 0 Å². The minimum Gasteiger partial charge on any atom is -0.329 e. The fourth-order valence-electron chi connectivity index (χ4n) is 2.70. The van der Waals surface area contributed by atoms with Gasteiger partial charge < -0.3 is 5.73 Å². The maximum absolute atomic E-state index is 6.20. The number of aryl methyl sites for hydroxylation is 1. The molecule has 0 aliphatic carbocycles. The van der Waals surface area contributed by atoms with Crippen LogP contribution in [0.1, 0.15) is 36.9 Å². The quantitative estimate of drug-likeness (QED) is 0.896. The molecule has 0 radical (unpaired) electrons. The van der Waals surface area contributed by atoms with Crippen LogP contribution < -0.4 is 5.73 Å². The van der Waals surface area contributed by atoms with Crippen molar-refractivity contribution in [2.75, 3.05) is 13.1 Å². The van der Waals surface area contributed by atoms with Gasteiger partial charge >= 0.3 is 0 Å². The van der Waals surface area contributed by atoms with Gasteiger partial charge in [-0.05, 0) is 50.4 Å². The second kappa shape index (κ2) is 5.38. The van der Waals surface area contributed by atoms with Crippen LogP contribution in [0.4, 0.5) is 0 Å². The van der Waals surface area contributed by atoms with E-state index in [9.17, 15) is 0 Å². The topological polar surface area (TPSA) is 29.3 Å². The van der Waals surface area contributed by atoms with Crippen LogP contribution in [0.15, 0.2) is 18.2 Å². The lowest BCUT2D eigenvalue weighted by Crippen LogP contribution is -2.36. The van der Waals surface area contributed by atoms with Crippen LogP contribution in [0.5, 0.6) is 0 Å². The number of rotatable bonds is 3. The Morgan fingerprint density at radius 1 is 1.53 bits per heavy atom. The molecule has 2 N–H and O–H groups in total. The van der Waals surface area contributed by atoms with Gasteiger partial charge in [0.05, 0.1) is 0 Å². The highest BCUT2D eigenvalue weighted by Gasteiger charge is 2.27. The van der Waals surface area contributed by atoms with Crippen LogP contribution in [0, 0.1) is 6.92 Å². The highest BCUT2D eigenvalue weighted by Crippen LogP contribution is 2.30. The summed E-state index contributed by atoms with van der Waals surface area (Å²) >= 11 is 6.20. The van der Waals surface area contributed by atoms with Gasteiger partial charge in [0.1, 0.15) is 0 Å². The van der Waals surface area contributed by atoms with E-state index in [4.69, 9.17) is 17.3 Å². The number of hydrogen-bond acceptors (Lipinski definition) is 2. The maximum atomic E-state index is 6.20. The smallest absolute Gasteiger partial charge is 0.0473 e. The summed E-state index contributed by atoms with van der Waals surface area (Å²) in [5, 5.41) is 0.841. The normalized spacial score (nSPS) is 22.9. The molecule has 1 aliphatic rings. The Morgan fingerprint density at radius 3 is 2.82 bits per heavy atom. The molecule has 2 unspecified atom stereocenters. The lowest BCUT2D eigenvalue weighted by molar-refractivity contribution is 0.195. The van der Waals surface area contributed by atoms with Gasteiger partial charge in [-0.2, -0.15) is 0 Å². The van der Waals surface area contributed by atoms with Crippen molar-refractivity contribution in [3.63, 3.8) is 0 Å². The number of benzene rings is 1. The SMILES string of the molecule is Cc1ccc(C(CN)N2CCCC2C)cc1Cl. The molecular formula is C14H21ClN2. The molecule has 1 aromatic carbocycles. The summed E-state index contributed by atoms with van der Waals surface area (Å²) in [6.45, 7) is 6.12. The summed E-state index contributed by atoms with van der Waals surface area (Å²) in [5.74, 6) is 0. The third-order valence-corrected chi connectivity index (χ3v) is 4.22. The predicted octanol–water partition coefficient (Wildman–Crippen LogP) is 3.13.